The minimum Gasteiger partial charge on any atom is -0.462 e. The van der Waals surface area contributed by atoms with E-state index >= 15 is 0 Å². The largest absolute Gasteiger partial charge is 0.462 e. The zero-order valence-electron chi connectivity index (χ0n) is 15.8. The van der Waals surface area contributed by atoms with Gasteiger partial charge in [-0.25, -0.2) is 14.8 Å². The van der Waals surface area contributed by atoms with Crippen LogP contribution in [0.25, 0.3) is 10.2 Å². The highest BCUT2D eigenvalue weighted by molar-refractivity contribution is 9.11. The maximum Gasteiger partial charge on any atom is 0.348 e. The fourth-order valence-corrected chi connectivity index (χ4v) is 6.02. The van der Waals surface area contributed by atoms with E-state index in [4.69, 9.17) is 4.74 Å². The van der Waals surface area contributed by atoms with Crippen molar-refractivity contribution in [3.05, 3.63) is 37.6 Å². The third kappa shape index (κ3) is 3.94. The average Bonchev–Trinajstić information content (AvgIpc) is 3.26. The Morgan fingerprint density at radius 2 is 2.00 bits per heavy atom. The van der Waals surface area contributed by atoms with Gasteiger partial charge in [0.1, 0.15) is 21.9 Å². The van der Waals surface area contributed by atoms with Gasteiger partial charge in [-0.3, -0.25) is 4.90 Å². The van der Waals surface area contributed by atoms with Gasteiger partial charge in [-0.2, -0.15) is 0 Å². The number of aryl methyl sites for hydroxylation is 1. The summed E-state index contributed by atoms with van der Waals surface area (Å²) in [4.78, 5) is 28.8. The fraction of sp³-hybridized carbons (Fsp3) is 0.421. The number of carbonyl (C=O) groups excluding carboxylic acids is 1. The Bertz CT molecular complexity index is 995. The van der Waals surface area contributed by atoms with Crippen molar-refractivity contribution in [1.82, 2.24) is 14.9 Å². The molecule has 4 heterocycles. The maximum absolute atomic E-state index is 12.3. The van der Waals surface area contributed by atoms with Gasteiger partial charge in [0.2, 0.25) is 0 Å². The van der Waals surface area contributed by atoms with Crippen molar-refractivity contribution < 1.29 is 9.53 Å². The van der Waals surface area contributed by atoms with Crippen LogP contribution >= 0.6 is 38.6 Å². The third-order valence-electron chi connectivity index (χ3n) is 4.85. The van der Waals surface area contributed by atoms with Gasteiger partial charge in [0.15, 0.2) is 0 Å². The van der Waals surface area contributed by atoms with Crippen molar-refractivity contribution in [1.29, 1.82) is 0 Å². The van der Waals surface area contributed by atoms with Crippen molar-refractivity contribution in [2.45, 2.75) is 20.4 Å². The molecule has 0 aromatic carbocycles. The lowest BCUT2D eigenvalue weighted by molar-refractivity contribution is 0.0531. The second kappa shape index (κ2) is 8.44. The molecule has 148 valence electrons. The Hall–Kier alpha value is -1.55. The predicted octanol–water partition coefficient (Wildman–Crippen LogP) is 4.32. The quantitative estimate of drug-likeness (QED) is 0.506. The predicted molar refractivity (Wildman–Crippen MR) is 118 cm³/mol. The number of nitrogens with zero attached hydrogens (tertiary/aromatic N) is 4. The lowest BCUT2D eigenvalue weighted by Crippen LogP contribution is -2.46. The van der Waals surface area contributed by atoms with Crippen LogP contribution in [0, 0.1) is 6.92 Å². The Balaban J connectivity index is 1.52. The van der Waals surface area contributed by atoms with Gasteiger partial charge in [0.25, 0.3) is 0 Å². The van der Waals surface area contributed by atoms with Gasteiger partial charge < -0.3 is 9.64 Å². The number of piperazine rings is 1. The summed E-state index contributed by atoms with van der Waals surface area (Å²) in [5, 5.41) is 0.978. The van der Waals surface area contributed by atoms with E-state index in [-0.39, 0.29) is 5.97 Å². The van der Waals surface area contributed by atoms with Crippen LogP contribution in [0.2, 0.25) is 0 Å². The van der Waals surface area contributed by atoms with Crippen LogP contribution in [0.15, 0.2) is 22.2 Å². The van der Waals surface area contributed by atoms with Crippen LogP contribution in [-0.2, 0) is 11.3 Å². The highest BCUT2D eigenvalue weighted by Crippen LogP contribution is 2.35. The summed E-state index contributed by atoms with van der Waals surface area (Å²) in [7, 11) is 0. The second-order valence-electron chi connectivity index (χ2n) is 6.62. The summed E-state index contributed by atoms with van der Waals surface area (Å²) in [6, 6.07) is 4.29. The first-order chi connectivity index (χ1) is 13.6. The van der Waals surface area contributed by atoms with Crippen molar-refractivity contribution in [2.24, 2.45) is 0 Å². The van der Waals surface area contributed by atoms with Gasteiger partial charge in [0.05, 0.1) is 15.8 Å². The van der Waals surface area contributed by atoms with Crippen LogP contribution in [0.3, 0.4) is 0 Å². The van der Waals surface area contributed by atoms with E-state index in [1.54, 1.807) is 17.7 Å². The molecule has 0 saturated carbocycles. The standard InChI is InChI=1S/C19H21BrN4O2S2/c1-3-26-19(25)16-12(2)15-17(21-11-22-18(15)28-16)24-8-6-23(7-9-24)10-13-4-5-14(20)27-13/h4-5,11H,3,6-10H2,1-2H3. The zero-order valence-corrected chi connectivity index (χ0v) is 19.0. The van der Waals surface area contributed by atoms with Crippen molar-refractivity contribution in [3.8, 4) is 0 Å². The lowest BCUT2D eigenvalue weighted by Gasteiger charge is -2.35. The van der Waals surface area contributed by atoms with Gasteiger partial charge in [0, 0.05) is 37.6 Å². The molecule has 0 atom stereocenters. The van der Waals surface area contributed by atoms with Crippen molar-refractivity contribution in [3.63, 3.8) is 0 Å². The lowest BCUT2D eigenvalue weighted by atomic mass is 10.2. The van der Waals surface area contributed by atoms with Crippen LogP contribution < -0.4 is 4.90 Å². The first-order valence-corrected chi connectivity index (χ1v) is 11.6. The number of halogens is 1. The molecule has 1 aliphatic heterocycles. The Morgan fingerprint density at radius 3 is 2.68 bits per heavy atom. The van der Waals surface area contributed by atoms with E-state index < -0.39 is 0 Å². The van der Waals surface area contributed by atoms with Crippen LogP contribution in [-0.4, -0.2) is 53.6 Å². The molecule has 1 saturated heterocycles. The minimum absolute atomic E-state index is 0.277. The summed E-state index contributed by atoms with van der Waals surface area (Å²) in [6.45, 7) is 8.90. The average molecular weight is 481 g/mol. The molecular weight excluding hydrogens is 460 g/mol. The summed E-state index contributed by atoms with van der Waals surface area (Å²) in [5.41, 5.74) is 0.917. The molecule has 4 rings (SSSR count). The van der Waals surface area contributed by atoms with Crippen LogP contribution in [0.1, 0.15) is 27.0 Å². The van der Waals surface area contributed by atoms with Crippen LogP contribution in [0.5, 0.6) is 0 Å². The van der Waals surface area contributed by atoms with Crippen molar-refractivity contribution >= 4 is 60.6 Å². The SMILES string of the molecule is CCOC(=O)c1sc2ncnc(N3CCN(Cc4ccc(Br)s4)CC3)c2c1C. The van der Waals surface area contributed by atoms with E-state index in [0.717, 1.165) is 54.3 Å². The van der Waals surface area contributed by atoms with E-state index in [1.165, 1.54) is 20.0 Å². The van der Waals surface area contributed by atoms with Gasteiger partial charge >= 0.3 is 5.97 Å². The molecule has 0 radical (unpaired) electrons. The Kier molecular flexibility index (Phi) is 5.96. The van der Waals surface area contributed by atoms with E-state index in [2.05, 4.69) is 47.8 Å². The summed E-state index contributed by atoms with van der Waals surface area (Å²) >= 11 is 6.71. The molecule has 0 amide bonds. The van der Waals surface area contributed by atoms with Crippen LogP contribution in [0.4, 0.5) is 5.82 Å². The summed E-state index contributed by atoms with van der Waals surface area (Å²) < 4.78 is 6.37. The van der Waals surface area contributed by atoms with Gasteiger partial charge in [-0.1, -0.05) is 0 Å². The number of hydrogen-bond acceptors (Lipinski definition) is 8. The number of hydrogen-bond donors (Lipinski definition) is 0. The third-order valence-corrected chi connectivity index (χ3v) is 7.64. The molecule has 1 fully saturated rings. The number of anilines is 1. The zero-order chi connectivity index (χ0) is 19.7. The molecule has 28 heavy (non-hydrogen) atoms. The molecule has 3 aromatic rings. The Morgan fingerprint density at radius 1 is 1.21 bits per heavy atom. The number of aromatic nitrogens is 2. The number of thiophene rings is 2. The number of carbonyl (C=O) groups is 1. The molecule has 0 unspecified atom stereocenters. The molecule has 0 bridgehead atoms. The van der Waals surface area contributed by atoms with E-state index in [9.17, 15) is 4.79 Å². The first kappa shape index (κ1) is 19.8. The molecule has 9 heteroatoms. The highest BCUT2D eigenvalue weighted by Gasteiger charge is 2.25. The molecule has 6 nitrogen and oxygen atoms in total. The first-order valence-electron chi connectivity index (χ1n) is 9.19. The molecule has 0 N–H and O–H groups in total. The highest BCUT2D eigenvalue weighted by atomic mass is 79.9. The number of rotatable bonds is 5. The Labute approximate surface area is 180 Å². The fourth-order valence-electron chi connectivity index (χ4n) is 3.46. The summed E-state index contributed by atoms with van der Waals surface area (Å²) in [5.74, 6) is 0.647. The summed E-state index contributed by atoms with van der Waals surface area (Å²) in [6.07, 6.45) is 1.60. The van der Waals surface area contributed by atoms with Gasteiger partial charge in [-0.15, -0.1) is 22.7 Å². The maximum atomic E-state index is 12.3. The number of fused-ring (bicyclic) bond motifs is 1. The molecule has 0 spiro atoms. The smallest absolute Gasteiger partial charge is 0.348 e. The molecule has 3 aromatic heterocycles. The van der Waals surface area contributed by atoms with E-state index in [0.29, 0.717) is 11.5 Å². The molecular formula is C19H21BrN4O2S2. The van der Waals surface area contributed by atoms with Gasteiger partial charge in [-0.05, 0) is 47.5 Å². The number of ether oxygens (including phenoxy) is 1. The number of esters is 1. The molecule has 1 aliphatic rings. The molecule has 0 aliphatic carbocycles. The minimum atomic E-state index is -0.277. The van der Waals surface area contributed by atoms with Crippen molar-refractivity contribution in [2.75, 3.05) is 37.7 Å². The topological polar surface area (TPSA) is 58.6 Å². The normalized spacial score (nSPS) is 15.3. The van der Waals surface area contributed by atoms with E-state index in [1.807, 2.05) is 13.8 Å². The second-order valence-corrected chi connectivity index (χ2v) is 10.2. The monoisotopic (exact) mass is 480 g/mol.